The fourth-order valence-corrected chi connectivity index (χ4v) is 2.68. The summed E-state index contributed by atoms with van der Waals surface area (Å²) in [6.07, 6.45) is 4.20. The molecule has 7 nitrogen and oxygen atoms in total. The molecule has 0 aliphatic carbocycles. The summed E-state index contributed by atoms with van der Waals surface area (Å²) >= 11 is 0. The molecular formula is C16H30N4O3. The summed E-state index contributed by atoms with van der Waals surface area (Å²) in [6, 6.07) is 0.297. The van der Waals surface area contributed by atoms with E-state index in [0.29, 0.717) is 12.5 Å². The summed E-state index contributed by atoms with van der Waals surface area (Å²) in [5.74, 6) is 0.711. The Morgan fingerprint density at radius 2 is 2.30 bits per heavy atom. The summed E-state index contributed by atoms with van der Waals surface area (Å²) < 4.78 is 5.32. The largest absolute Gasteiger partial charge is 0.460 e. The highest BCUT2D eigenvalue weighted by molar-refractivity contribution is 5.80. The van der Waals surface area contributed by atoms with Crippen LogP contribution in [0.3, 0.4) is 0 Å². The van der Waals surface area contributed by atoms with Gasteiger partial charge in [0.15, 0.2) is 5.96 Å². The van der Waals surface area contributed by atoms with Gasteiger partial charge in [0.2, 0.25) is 0 Å². The summed E-state index contributed by atoms with van der Waals surface area (Å²) in [7, 11) is 0. The molecule has 0 saturated carbocycles. The molecule has 2 heterocycles. The van der Waals surface area contributed by atoms with E-state index < -0.39 is 5.60 Å². The molecular weight excluding hydrogens is 296 g/mol. The van der Waals surface area contributed by atoms with Crippen molar-refractivity contribution in [3.05, 3.63) is 0 Å². The van der Waals surface area contributed by atoms with Crippen molar-refractivity contribution in [2.45, 2.75) is 70.6 Å². The van der Waals surface area contributed by atoms with E-state index in [1.807, 2.05) is 20.8 Å². The zero-order valence-corrected chi connectivity index (χ0v) is 14.5. The monoisotopic (exact) mass is 326 g/mol. The van der Waals surface area contributed by atoms with E-state index in [1.54, 1.807) is 0 Å². The first-order valence-corrected chi connectivity index (χ1v) is 8.57. The second-order valence-corrected chi connectivity index (χ2v) is 7.16. The zero-order valence-electron chi connectivity index (χ0n) is 14.5. The van der Waals surface area contributed by atoms with E-state index in [4.69, 9.17) is 9.57 Å². The van der Waals surface area contributed by atoms with Gasteiger partial charge in [-0.2, -0.15) is 5.48 Å². The number of nitrogens with one attached hydrogen (secondary N) is 3. The quantitative estimate of drug-likeness (QED) is 0.501. The van der Waals surface area contributed by atoms with Gasteiger partial charge in [0.25, 0.3) is 0 Å². The Morgan fingerprint density at radius 3 is 3.00 bits per heavy atom. The Balaban J connectivity index is 1.56. The van der Waals surface area contributed by atoms with Crippen LogP contribution in [-0.4, -0.2) is 49.3 Å². The van der Waals surface area contributed by atoms with Gasteiger partial charge in [0.1, 0.15) is 5.60 Å². The Labute approximate surface area is 138 Å². The molecule has 0 bridgehead atoms. The van der Waals surface area contributed by atoms with Crippen molar-refractivity contribution in [2.24, 2.45) is 4.99 Å². The average molecular weight is 326 g/mol. The van der Waals surface area contributed by atoms with Crippen molar-refractivity contribution in [1.82, 2.24) is 16.1 Å². The molecule has 2 unspecified atom stereocenters. The van der Waals surface area contributed by atoms with Crippen molar-refractivity contribution in [2.75, 3.05) is 19.6 Å². The molecule has 0 amide bonds. The maximum atomic E-state index is 11.8. The van der Waals surface area contributed by atoms with Gasteiger partial charge in [-0.3, -0.25) is 14.6 Å². The van der Waals surface area contributed by atoms with Gasteiger partial charge in [-0.1, -0.05) is 0 Å². The fraction of sp³-hybridized carbons (Fsp3) is 0.875. The summed E-state index contributed by atoms with van der Waals surface area (Å²) in [5, 5.41) is 6.55. The molecule has 1 saturated heterocycles. The predicted molar refractivity (Wildman–Crippen MR) is 89.0 cm³/mol. The normalized spacial score (nSPS) is 24.7. The van der Waals surface area contributed by atoms with E-state index in [-0.39, 0.29) is 12.1 Å². The average Bonchev–Trinajstić information content (AvgIpc) is 2.90. The van der Waals surface area contributed by atoms with Crippen molar-refractivity contribution in [1.29, 1.82) is 0 Å². The van der Waals surface area contributed by atoms with Gasteiger partial charge in [0, 0.05) is 25.7 Å². The standard InChI is InChI=1S/C16H30N4O3/c1-16(2,3)22-14(21)11-13-10-12(20-23-13)6-4-7-17-15-18-8-5-9-19-15/h12-13,20H,4-11H2,1-3H3,(H2,17,18,19). The fourth-order valence-electron chi connectivity index (χ4n) is 2.68. The molecule has 0 radical (unpaired) electrons. The van der Waals surface area contributed by atoms with Gasteiger partial charge in [-0.05, 0) is 46.5 Å². The first kappa shape index (κ1) is 18.0. The van der Waals surface area contributed by atoms with E-state index in [9.17, 15) is 4.79 Å². The van der Waals surface area contributed by atoms with E-state index in [1.165, 1.54) is 0 Å². The summed E-state index contributed by atoms with van der Waals surface area (Å²) in [4.78, 5) is 21.7. The van der Waals surface area contributed by atoms with Crippen LogP contribution in [0.2, 0.25) is 0 Å². The smallest absolute Gasteiger partial charge is 0.309 e. The number of hydrogen-bond donors (Lipinski definition) is 3. The predicted octanol–water partition coefficient (Wildman–Crippen LogP) is 1.10. The number of guanidine groups is 1. The summed E-state index contributed by atoms with van der Waals surface area (Å²) in [6.45, 7) is 8.41. The molecule has 0 aromatic carbocycles. The highest BCUT2D eigenvalue weighted by atomic mass is 16.7. The van der Waals surface area contributed by atoms with Gasteiger partial charge in [0.05, 0.1) is 12.5 Å². The topological polar surface area (TPSA) is 84.0 Å². The number of aliphatic imine (C=N–C) groups is 1. The third-order valence-corrected chi connectivity index (χ3v) is 3.68. The van der Waals surface area contributed by atoms with E-state index >= 15 is 0 Å². The van der Waals surface area contributed by atoms with E-state index in [2.05, 4.69) is 21.1 Å². The molecule has 7 heteroatoms. The van der Waals surface area contributed by atoms with Crippen LogP contribution in [0.4, 0.5) is 0 Å². The van der Waals surface area contributed by atoms with Crippen molar-refractivity contribution < 1.29 is 14.4 Å². The van der Waals surface area contributed by atoms with Crippen LogP contribution >= 0.6 is 0 Å². The SMILES string of the molecule is CC(C)(C)OC(=O)CC1CC(CCCNC2=NCCCN2)NO1. The van der Waals surface area contributed by atoms with Crippen LogP contribution in [0.15, 0.2) is 4.99 Å². The second-order valence-electron chi connectivity index (χ2n) is 7.16. The number of carbonyl (C=O) groups is 1. The first-order valence-electron chi connectivity index (χ1n) is 8.57. The molecule has 2 aliphatic heterocycles. The minimum Gasteiger partial charge on any atom is -0.460 e. The van der Waals surface area contributed by atoms with Gasteiger partial charge in [-0.15, -0.1) is 0 Å². The lowest BCUT2D eigenvalue weighted by molar-refractivity contribution is -0.158. The lowest BCUT2D eigenvalue weighted by Crippen LogP contribution is -2.41. The molecule has 1 fully saturated rings. The molecule has 3 N–H and O–H groups in total. The Bertz CT molecular complexity index is 420. The maximum Gasteiger partial charge on any atom is 0.309 e. The lowest BCUT2D eigenvalue weighted by atomic mass is 10.0. The number of nitrogens with zero attached hydrogens (tertiary/aromatic N) is 1. The second kappa shape index (κ2) is 8.49. The molecule has 0 aromatic rings. The van der Waals surface area contributed by atoms with Crippen LogP contribution in [0, 0.1) is 0 Å². The minimum absolute atomic E-state index is 0.0906. The number of esters is 1. The minimum atomic E-state index is -0.440. The number of rotatable bonds is 6. The highest BCUT2D eigenvalue weighted by Crippen LogP contribution is 2.19. The highest BCUT2D eigenvalue weighted by Gasteiger charge is 2.28. The maximum absolute atomic E-state index is 11.8. The number of hydroxylamine groups is 1. The number of ether oxygens (including phenoxy) is 1. The Kier molecular flexibility index (Phi) is 6.65. The van der Waals surface area contributed by atoms with Crippen LogP contribution in [0.25, 0.3) is 0 Å². The lowest BCUT2D eigenvalue weighted by Gasteiger charge is -2.20. The van der Waals surface area contributed by atoms with Crippen molar-refractivity contribution in [3.8, 4) is 0 Å². The van der Waals surface area contributed by atoms with Gasteiger partial charge in [-0.25, -0.2) is 0 Å². The molecule has 2 aliphatic rings. The summed E-state index contributed by atoms with van der Waals surface area (Å²) in [5.41, 5.74) is 2.59. The Hall–Kier alpha value is -1.34. The van der Waals surface area contributed by atoms with E-state index in [0.717, 1.165) is 51.3 Å². The van der Waals surface area contributed by atoms with Crippen molar-refractivity contribution in [3.63, 3.8) is 0 Å². The van der Waals surface area contributed by atoms with Crippen LogP contribution in [0.1, 0.15) is 52.9 Å². The molecule has 0 spiro atoms. The van der Waals surface area contributed by atoms with Gasteiger partial charge < -0.3 is 15.4 Å². The van der Waals surface area contributed by atoms with Crippen LogP contribution in [-0.2, 0) is 14.4 Å². The van der Waals surface area contributed by atoms with Crippen molar-refractivity contribution >= 4 is 11.9 Å². The molecule has 23 heavy (non-hydrogen) atoms. The third kappa shape index (κ3) is 7.18. The third-order valence-electron chi connectivity index (χ3n) is 3.68. The molecule has 0 aromatic heterocycles. The first-order chi connectivity index (χ1) is 10.9. The zero-order chi connectivity index (χ0) is 16.7. The molecule has 132 valence electrons. The van der Waals surface area contributed by atoms with Crippen LogP contribution in [0.5, 0.6) is 0 Å². The number of hydrogen-bond acceptors (Lipinski definition) is 7. The molecule has 2 atom stereocenters. The molecule has 2 rings (SSSR count). The van der Waals surface area contributed by atoms with Gasteiger partial charge >= 0.3 is 5.97 Å². The number of carbonyl (C=O) groups excluding carboxylic acids is 1. The van der Waals surface area contributed by atoms with Crippen LogP contribution < -0.4 is 16.1 Å². The Morgan fingerprint density at radius 1 is 1.48 bits per heavy atom.